The Morgan fingerprint density at radius 1 is 1.03 bits per heavy atom. The highest BCUT2D eigenvalue weighted by Crippen LogP contribution is 2.41. The van der Waals surface area contributed by atoms with Crippen LogP contribution in [0.5, 0.6) is 17.2 Å². The van der Waals surface area contributed by atoms with Gasteiger partial charge in [0.15, 0.2) is 39.1 Å². The van der Waals surface area contributed by atoms with Crippen molar-refractivity contribution in [1.29, 1.82) is 0 Å². The zero-order chi connectivity index (χ0) is 27.1. The number of aliphatic hydroxyl groups excluding tert-OH is 1. The first-order valence-corrected chi connectivity index (χ1v) is 14.1. The highest BCUT2D eigenvalue weighted by Gasteiger charge is 2.19. The number of nitrogens with one attached hydrogen (secondary N) is 2. The average Bonchev–Trinajstić information content (AvgIpc) is 3.36. The molecule has 4 rings (SSSR count). The molecule has 2 aromatic carbocycles. The first kappa shape index (κ1) is 27.3. The average molecular weight is 561 g/mol. The summed E-state index contributed by atoms with van der Waals surface area (Å²) in [6.45, 7) is -0.0518. The molecule has 0 aliphatic carbocycles. The van der Waals surface area contributed by atoms with Gasteiger partial charge in [-0.1, -0.05) is 12.1 Å². The topological polar surface area (TPSA) is 150 Å². The standard InChI is InChI=1S/C24H28N6O6S2/c1-30-14-21(25-15-30)38(33)29-24-23(26-17-6-4-5-7-18(17)27-24)28-19-12-16(34-2)13-20(35-3)22(19)36-9-11-37(32)10-8-31/h4-7,12-15,31H,8-11H2,1-3H3,(H,26,28)(H,27,29). The summed E-state index contributed by atoms with van der Waals surface area (Å²) in [5, 5.41) is 12.6. The number of anilines is 3. The molecule has 14 heteroatoms. The molecule has 2 unspecified atom stereocenters. The zero-order valence-corrected chi connectivity index (χ0v) is 22.7. The van der Waals surface area contributed by atoms with Crippen LogP contribution in [0.4, 0.5) is 17.3 Å². The molecule has 0 saturated heterocycles. The Hall–Kier alpha value is -3.75. The van der Waals surface area contributed by atoms with Crippen molar-refractivity contribution < 1.29 is 27.7 Å². The number of aryl methyl sites for hydroxylation is 1. The van der Waals surface area contributed by atoms with Gasteiger partial charge < -0.3 is 29.2 Å². The van der Waals surface area contributed by atoms with E-state index in [1.807, 2.05) is 18.2 Å². The summed E-state index contributed by atoms with van der Waals surface area (Å²) in [5.74, 6) is 2.09. The van der Waals surface area contributed by atoms with Crippen LogP contribution in [0.15, 0.2) is 53.9 Å². The Morgan fingerprint density at radius 3 is 2.39 bits per heavy atom. The van der Waals surface area contributed by atoms with Crippen LogP contribution in [0.1, 0.15) is 0 Å². The molecule has 202 valence electrons. The molecule has 0 radical (unpaired) electrons. The highest BCUT2D eigenvalue weighted by atomic mass is 32.2. The Morgan fingerprint density at radius 2 is 1.76 bits per heavy atom. The molecular formula is C24H28N6O6S2. The molecule has 2 aromatic heterocycles. The van der Waals surface area contributed by atoms with Crippen LogP contribution in [0, 0.1) is 0 Å². The number of imidazole rings is 1. The Bertz CT molecular complexity index is 1460. The molecule has 0 aliphatic heterocycles. The molecule has 38 heavy (non-hydrogen) atoms. The van der Waals surface area contributed by atoms with Gasteiger partial charge in [-0.3, -0.25) is 8.93 Å². The lowest BCUT2D eigenvalue weighted by Gasteiger charge is -2.19. The second kappa shape index (κ2) is 12.7. The maximum absolute atomic E-state index is 13.0. The van der Waals surface area contributed by atoms with E-state index in [1.165, 1.54) is 14.2 Å². The summed E-state index contributed by atoms with van der Waals surface area (Å²) in [4.78, 5) is 13.5. The van der Waals surface area contributed by atoms with Gasteiger partial charge in [0.2, 0.25) is 0 Å². The van der Waals surface area contributed by atoms with E-state index in [4.69, 9.17) is 24.3 Å². The van der Waals surface area contributed by atoms with E-state index in [2.05, 4.69) is 20.0 Å². The fraction of sp³-hybridized carbons (Fsp3) is 0.292. The third kappa shape index (κ3) is 6.57. The molecule has 12 nitrogen and oxygen atoms in total. The van der Waals surface area contributed by atoms with Gasteiger partial charge in [-0.15, -0.1) is 0 Å². The van der Waals surface area contributed by atoms with Gasteiger partial charge >= 0.3 is 0 Å². The van der Waals surface area contributed by atoms with E-state index >= 15 is 0 Å². The smallest absolute Gasteiger partial charge is 0.185 e. The van der Waals surface area contributed by atoms with Gasteiger partial charge in [0.05, 0.1) is 49.6 Å². The number of para-hydroxylation sites is 2. The van der Waals surface area contributed by atoms with Crippen molar-refractivity contribution >= 4 is 50.1 Å². The SMILES string of the molecule is COc1cc(Nc2nc3ccccc3nc2NS(=O)c2cn(C)cn2)c(OCCS(=O)CCO)c(OC)c1. The Kier molecular flexibility index (Phi) is 9.10. The van der Waals surface area contributed by atoms with Crippen molar-refractivity contribution in [3.8, 4) is 17.2 Å². The van der Waals surface area contributed by atoms with Crippen molar-refractivity contribution in [2.45, 2.75) is 5.03 Å². The minimum absolute atomic E-state index is 0.113. The van der Waals surface area contributed by atoms with Crippen molar-refractivity contribution in [1.82, 2.24) is 19.5 Å². The molecule has 0 bridgehead atoms. The third-order valence-electron chi connectivity index (χ3n) is 5.24. The van der Waals surface area contributed by atoms with Gasteiger partial charge in [-0.2, -0.15) is 0 Å². The van der Waals surface area contributed by atoms with E-state index < -0.39 is 21.8 Å². The molecule has 0 fully saturated rings. The first-order chi connectivity index (χ1) is 18.4. The molecule has 0 aliphatic rings. The largest absolute Gasteiger partial charge is 0.497 e. The number of fused-ring (bicyclic) bond motifs is 1. The maximum Gasteiger partial charge on any atom is 0.185 e. The molecule has 2 atom stereocenters. The van der Waals surface area contributed by atoms with E-state index in [-0.39, 0.29) is 36.4 Å². The Balaban J connectivity index is 1.72. The molecule has 2 heterocycles. The molecule has 3 N–H and O–H groups in total. The normalized spacial score (nSPS) is 12.6. The summed E-state index contributed by atoms with van der Waals surface area (Å²) in [6, 6.07) is 10.6. The van der Waals surface area contributed by atoms with E-state index in [0.29, 0.717) is 39.0 Å². The quantitative estimate of drug-likeness (QED) is 0.222. The number of hydrogen-bond donors (Lipinski definition) is 3. The van der Waals surface area contributed by atoms with Crippen LogP contribution in [0.25, 0.3) is 11.0 Å². The number of aromatic nitrogens is 4. The van der Waals surface area contributed by atoms with Crippen LogP contribution in [-0.4, -0.2) is 72.0 Å². The number of aliphatic hydroxyl groups is 1. The van der Waals surface area contributed by atoms with Crippen molar-refractivity contribution in [2.24, 2.45) is 7.05 Å². The Labute approximate surface area is 224 Å². The van der Waals surface area contributed by atoms with E-state index in [9.17, 15) is 8.42 Å². The summed E-state index contributed by atoms with van der Waals surface area (Å²) < 4.78 is 46.5. The van der Waals surface area contributed by atoms with Crippen LogP contribution < -0.4 is 24.2 Å². The lowest BCUT2D eigenvalue weighted by atomic mass is 10.2. The van der Waals surface area contributed by atoms with E-state index in [1.54, 1.807) is 42.3 Å². The summed E-state index contributed by atoms with van der Waals surface area (Å²) in [5.41, 5.74) is 1.65. The predicted octanol–water partition coefficient (Wildman–Crippen LogP) is 2.38. The highest BCUT2D eigenvalue weighted by molar-refractivity contribution is 7.86. The third-order valence-corrected chi connectivity index (χ3v) is 7.47. The summed E-state index contributed by atoms with van der Waals surface area (Å²) >= 11 is 0. The second-order valence-corrected chi connectivity index (χ2v) is 10.8. The van der Waals surface area contributed by atoms with Crippen LogP contribution in [0.3, 0.4) is 0 Å². The maximum atomic E-state index is 13.0. The van der Waals surface area contributed by atoms with Gasteiger partial charge in [-0.25, -0.2) is 19.2 Å². The number of benzene rings is 2. The monoisotopic (exact) mass is 560 g/mol. The summed E-state index contributed by atoms with van der Waals surface area (Å²) in [7, 11) is 1.86. The lowest BCUT2D eigenvalue weighted by molar-refractivity contribution is 0.310. The van der Waals surface area contributed by atoms with E-state index in [0.717, 1.165) is 0 Å². The predicted molar refractivity (Wildman–Crippen MR) is 146 cm³/mol. The number of hydrogen-bond acceptors (Lipinski definition) is 10. The molecule has 0 saturated carbocycles. The molecule has 0 amide bonds. The van der Waals surface area contributed by atoms with Crippen molar-refractivity contribution in [2.75, 3.05) is 49.0 Å². The van der Waals surface area contributed by atoms with Crippen molar-refractivity contribution in [3.05, 3.63) is 48.9 Å². The van der Waals surface area contributed by atoms with Gasteiger partial charge in [0, 0.05) is 41.9 Å². The van der Waals surface area contributed by atoms with Gasteiger partial charge in [0.25, 0.3) is 0 Å². The minimum Gasteiger partial charge on any atom is -0.497 e. The second-order valence-electron chi connectivity index (χ2n) is 7.91. The van der Waals surface area contributed by atoms with Crippen molar-refractivity contribution in [3.63, 3.8) is 0 Å². The van der Waals surface area contributed by atoms with Crippen LogP contribution in [-0.2, 0) is 28.8 Å². The fourth-order valence-corrected chi connectivity index (χ4v) is 4.94. The number of ether oxygens (including phenoxy) is 3. The number of methoxy groups -OCH3 is 2. The minimum atomic E-state index is -1.71. The molecular weight excluding hydrogens is 532 g/mol. The first-order valence-electron chi connectivity index (χ1n) is 11.5. The molecule has 4 aromatic rings. The van der Waals surface area contributed by atoms with Gasteiger partial charge in [0.1, 0.15) is 12.4 Å². The van der Waals surface area contributed by atoms with Crippen LogP contribution >= 0.6 is 0 Å². The summed E-state index contributed by atoms with van der Waals surface area (Å²) in [6.07, 6.45) is 3.20. The number of rotatable bonds is 13. The molecule has 0 spiro atoms. The van der Waals surface area contributed by atoms with Crippen LogP contribution in [0.2, 0.25) is 0 Å². The zero-order valence-electron chi connectivity index (χ0n) is 21.0. The lowest BCUT2D eigenvalue weighted by Crippen LogP contribution is -2.14. The fourth-order valence-electron chi connectivity index (χ4n) is 3.44. The number of nitrogens with zero attached hydrogens (tertiary/aromatic N) is 4. The van der Waals surface area contributed by atoms with Gasteiger partial charge in [-0.05, 0) is 12.1 Å².